The van der Waals surface area contributed by atoms with Crippen LogP contribution in [-0.4, -0.2) is 23.4 Å². The van der Waals surface area contributed by atoms with E-state index < -0.39 is 12.2 Å². The van der Waals surface area contributed by atoms with Gasteiger partial charge in [-0.2, -0.15) is 0 Å². The number of benzene rings is 1. The number of nitrogens with two attached hydrogens (primary N) is 1. The first-order valence-corrected chi connectivity index (χ1v) is 5.34. The van der Waals surface area contributed by atoms with E-state index in [1.807, 2.05) is 19.1 Å². The monoisotopic (exact) mass is 254 g/mol. The predicted octanol–water partition coefficient (Wildman–Crippen LogP) is 2.58. The van der Waals surface area contributed by atoms with E-state index in [9.17, 15) is 9.59 Å². The van der Waals surface area contributed by atoms with Crippen LogP contribution >= 0.6 is 0 Å². The summed E-state index contributed by atoms with van der Waals surface area (Å²) in [6.07, 6.45) is -1.85. The smallest absolute Gasteiger partial charge is 0.409 e. The van der Waals surface area contributed by atoms with Crippen molar-refractivity contribution in [3.05, 3.63) is 29.8 Å². The van der Waals surface area contributed by atoms with Crippen LogP contribution in [0, 0.1) is 6.92 Å². The predicted molar refractivity (Wildman–Crippen MR) is 68.6 cm³/mol. The molecule has 4 N–H and O–H groups in total. The van der Waals surface area contributed by atoms with Crippen LogP contribution in [0.2, 0.25) is 0 Å². The van der Waals surface area contributed by atoms with Crippen molar-refractivity contribution in [1.82, 2.24) is 0 Å². The van der Waals surface area contributed by atoms with Crippen LogP contribution in [0.25, 0.3) is 0 Å². The Hall–Kier alpha value is -2.24. The maximum Gasteiger partial charge on any atom is 0.409 e. The van der Waals surface area contributed by atoms with Crippen molar-refractivity contribution in [2.75, 3.05) is 5.32 Å². The Morgan fingerprint density at radius 1 is 1.28 bits per heavy atom. The Bertz CT molecular complexity index is 388. The summed E-state index contributed by atoms with van der Waals surface area (Å²) in [5, 5.41) is 10.6. The molecule has 0 aromatic heterocycles. The highest BCUT2D eigenvalue weighted by atomic mass is 16.6. The molecule has 0 radical (unpaired) electrons. The van der Waals surface area contributed by atoms with E-state index in [-0.39, 0.29) is 6.10 Å². The topological polar surface area (TPSA) is 102 Å². The van der Waals surface area contributed by atoms with Gasteiger partial charge in [0, 0.05) is 5.69 Å². The quantitative estimate of drug-likeness (QED) is 0.754. The summed E-state index contributed by atoms with van der Waals surface area (Å²) in [5.41, 5.74) is 6.34. The molecular formula is C12H18N2O4. The molecule has 0 aliphatic rings. The van der Waals surface area contributed by atoms with Gasteiger partial charge < -0.3 is 15.6 Å². The third-order valence-electron chi connectivity index (χ3n) is 1.65. The largest absolute Gasteiger partial charge is 0.465 e. The van der Waals surface area contributed by atoms with E-state index in [0.717, 1.165) is 5.56 Å². The highest BCUT2D eigenvalue weighted by Gasteiger charge is 1.95. The normalized spacial score (nSPS) is 9.11. The number of carbonyl (C=O) groups is 2. The van der Waals surface area contributed by atoms with E-state index in [0.29, 0.717) is 5.69 Å². The Kier molecular flexibility index (Phi) is 6.95. The molecule has 18 heavy (non-hydrogen) atoms. The van der Waals surface area contributed by atoms with Crippen molar-refractivity contribution in [3.8, 4) is 0 Å². The van der Waals surface area contributed by atoms with Crippen molar-refractivity contribution < 1.29 is 19.4 Å². The average Bonchev–Trinajstić information content (AvgIpc) is 2.19. The lowest BCUT2D eigenvalue weighted by Crippen LogP contribution is -2.17. The number of amides is 2. The van der Waals surface area contributed by atoms with Crippen LogP contribution in [0.4, 0.5) is 15.3 Å². The molecule has 2 amide bonds. The van der Waals surface area contributed by atoms with Gasteiger partial charge in [0.25, 0.3) is 0 Å². The van der Waals surface area contributed by atoms with Crippen molar-refractivity contribution in [1.29, 1.82) is 0 Å². The third kappa shape index (κ3) is 9.02. The molecular weight excluding hydrogens is 236 g/mol. The second kappa shape index (κ2) is 7.94. The Morgan fingerprint density at radius 3 is 2.06 bits per heavy atom. The molecule has 0 aliphatic heterocycles. The number of hydrogen-bond acceptors (Lipinski definition) is 3. The van der Waals surface area contributed by atoms with Gasteiger partial charge in [-0.3, -0.25) is 5.32 Å². The van der Waals surface area contributed by atoms with E-state index in [2.05, 4.69) is 15.8 Å². The second-order valence-corrected chi connectivity index (χ2v) is 3.78. The SMILES string of the molecule is CC(C)OC(N)=O.Cc1ccc(NC(=O)O)cc1. The fourth-order valence-corrected chi connectivity index (χ4v) is 0.993. The van der Waals surface area contributed by atoms with Gasteiger partial charge in [-0.25, -0.2) is 9.59 Å². The van der Waals surface area contributed by atoms with Crippen LogP contribution in [0.3, 0.4) is 0 Å². The maximum atomic E-state index is 10.1. The van der Waals surface area contributed by atoms with Gasteiger partial charge >= 0.3 is 12.2 Å². The first-order chi connectivity index (χ1) is 8.31. The standard InChI is InChI=1S/C8H9NO2.C4H9NO2/c1-6-2-4-7(5-3-6)9-8(10)11;1-3(2)7-4(5)6/h2-5,9H,1H3,(H,10,11);3H,1-2H3,(H2,5,6). The number of carbonyl (C=O) groups excluding carboxylic acids is 1. The third-order valence-corrected chi connectivity index (χ3v) is 1.65. The number of hydrogen-bond donors (Lipinski definition) is 3. The first-order valence-electron chi connectivity index (χ1n) is 5.34. The van der Waals surface area contributed by atoms with Gasteiger partial charge in [0.05, 0.1) is 6.10 Å². The van der Waals surface area contributed by atoms with Crippen LogP contribution in [-0.2, 0) is 4.74 Å². The minimum absolute atomic E-state index is 0.0995. The van der Waals surface area contributed by atoms with E-state index >= 15 is 0 Å². The minimum Gasteiger partial charge on any atom is -0.465 e. The summed E-state index contributed by atoms with van der Waals surface area (Å²) >= 11 is 0. The van der Waals surface area contributed by atoms with Gasteiger partial charge in [-0.15, -0.1) is 0 Å². The Labute approximate surface area is 106 Å². The lowest BCUT2D eigenvalue weighted by atomic mass is 10.2. The molecule has 0 spiro atoms. The van der Waals surface area contributed by atoms with Crippen molar-refractivity contribution in [2.45, 2.75) is 26.9 Å². The molecule has 0 heterocycles. The number of nitrogens with one attached hydrogen (secondary N) is 1. The van der Waals surface area contributed by atoms with Crippen LogP contribution in [0.1, 0.15) is 19.4 Å². The summed E-state index contributed by atoms with van der Waals surface area (Å²) < 4.78 is 4.39. The zero-order valence-electron chi connectivity index (χ0n) is 10.6. The first kappa shape index (κ1) is 15.8. The molecule has 1 aromatic rings. The van der Waals surface area contributed by atoms with Crippen LogP contribution in [0.5, 0.6) is 0 Å². The second-order valence-electron chi connectivity index (χ2n) is 3.78. The fraction of sp³-hybridized carbons (Fsp3) is 0.333. The number of rotatable bonds is 2. The highest BCUT2D eigenvalue weighted by molar-refractivity contribution is 5.82. The molecule has 0 unspecified atom stereocenters. The molecule has 1 rings (SSSR count). The van der Waals surface area contributed by atoms with Gasteiger partial charge in [0.15, 0.2) is 0 Å². The number of carboxylic acid groups (broad SMARTS) is 1. The summed E-state index contributed by atoms with van der Waals surface area (Å²) in [6.45, 7) is 5.43. The minimum atomic E-state index is -1.03. The summed E-state index contributed by atoms with van der Waals surface area (Å²) in [7, 11) is 0. The zero-order valence-corrected chi connectivity index (χ0v) is 10.6. The average molecular weight is 254 g/mol. The lowest BCUT2D eigenvalue weighted by Gasteiger charge is -2.01. The molecule has 0 saturated carbocycles. The van der Waals surface area contributed by atoms with Gasteiger partial charge in [-0.1, -0.05) is 17.7 Å². The van der Waals surface area contributed by atoms with Gasteiger partial charge in [0.1, 0.15) is 0 Å². The number of aryl methyl sites for hydroxylation is 1. The van der Waals surface area contributed by atoms with E-state index in [4.69, 9.17) is 5.11 Å². The van der Waals surface area contributed by atoms with Gasteiger partial charge in [-0.05, 0) is 32.9 Å². The van der Waals surface area contributed by atoms with Crippen molar-refractivity contribution in [2.24, 2.45) is 5.73 Å². The Morgan fingerprint density at radius 2 is 1.78 bits per heavy atom. The van der Waals surface area contributed by atoms with Crippen molar-refractivity contribution >= 4 is 17.9 Å². The summed E-state index contributed by atoms with van der Waals surface area (Å²) in [6, 6.07) is 7.16. The Balaban J connectivity index is 0.000000360. The molecule has 0 saturated heterocycles. The molecule has 0 fully saturated rings. The lowest BCUT2D eigenvalue weighted by molar-refractivity contribution is 0.125. The molecule has 6 heteroatoms. The van der Waals surface area contributed by atoms with Crippen molar-refractivity contribution in [3.63, 3.8) is 0 Å². The molecule has 100 valence electrons. The number of primary amides is 1. The summed E-state index contributed by atoms with van der Waals surface area (Å²) in [5.74, 6) is 0. The molecule has 0 aliphatic carbocycles. The van der Waals surface area contributed by atoms with E-state index in [1.165, 1.54) is 0 Å². The fourth-order valence-electron chi connectivity index (χ4n) is 0.993. The molecule has 0 atom stereocenters. The van der Waals surface area contributed by atoms with E-state index in [1.54, 1.807) is 26.0 Å². The number of anilines is 1. The number of ether oxygens (including phenoxy) is 1. The van der Waals surface area contributed by atoms with Crippen LogP contribution in [0.15, 0.2) is 24.3 Å². The highest BCUT2D eigenvalue weighted by Crippen LogP contribution is 2.07. The molecule has 0 bridgehead atoms. The molecule has 6 nitrogen and oxygen atoms in total. The summed E-state index contributed by atoms with van der Waals surface area (Å²) in [4.78, 5) is 20.0. The van der Waals surface area contributed by atoms with Gasteiger partial charge in [0.2, 0.25) is 0 Å². The maximum absolute atomic E-state index is 10.1. The van der Waals surface area contributed by atoms with Crippen LogP contribution < -0.4 is 11.1 Å². The molecule has 1 aromatic carbocycles. The zero-order chi connectivity index (χ0) is 14.1.